The molecule has 23 heavy (non-hydrogen) atoms. The second kappa shape index (κ2) is 7.55. The lowest BCUT2D eigenvalue weighted by Gasteiger charge is -2.16. The van der Waals surface area contributed by atoms with Crippen molar-refractivity contribution in [1.29, 1.82) is 0 Å². The lowest BCUT2D eigenvalue weighted by atomic mass is 10.0. The maximum absolute atomic E-state index is 12.6. The zero-order valence-electron chi connectivity index (χ0n) is 14.3. The second-order valence-electron chi connectivity index (χ2n) is 6.67. The van der Waals surface area contributed by atoms with E-state index in [0.29, 0.717) is 18.5 Å². The highest BCUT2D eigenvalue weighted by molar-refractivity contribution is 6.06. The van der Waals surface area contributed by atoms with Crippen LogP contribution in [0.1, 0.15) is 56.1 Å². The Morgan fingerprint density at radius 1 is 1.22 bits per heavy atom. The van der Waals surface area contributed by atoms with Crippen molar-refractivity contribution in [3.63, 3.8) is 0 Å². The predicted octanol–water partition coefficient (Wildman–Crippen LogP) is 3.50. The SMILES string of the molecule is CC(O)CC(C)CNC(=O)c1cc(C(C)C)nc2ccccc12. The van der Waals surface area contributed by atoms with Crippen LogP contribution in [0.25, 0.3) is 10.9 Å². The largest absolute Gasteiger partial charge is 0.393 e. The molecular formula is C19H26N2O2. The smallest absolute Gasteiger partial charge is 0.252 e. The van der Waals surface area contributed by atoms with Gasteiger partial charge in [0.2, 0.25) is 0 Å². The van der Waals surface area contributed by atoms with E-state index in [9.17, 15) is 9.90 Å². The summed E-state index contributed by atoms with van der Waals surface area (Å²) in [7, 11) is 0. The summed E-state index contributed by atoms with van der Waals surface area (Å²) in [5.74, 6) is 0.417. The van der Waals surface area contributed by atoms with Crippen molar-refractivity contribution in [2.75, 3.05) is 6.54 Å². The fourth-order valence-electron chi connectivity index (χ4n) is 2.71. The van der Waals surface area contributed by atoms with Crippen molar-refractivity contribution < 1.29 is 9.90 Å². The number of rotatable bonds is 6. The Kier molecular flexibility index (Phi) is 5.72. The first-order valence-corrected chi connectivity index (χ1v) is 8.24. The molecule has 2 atom stereocenters. The van der Waals surface area contributed by atoms with Crippen molar-refractivity contribution in [3.8, 4) is 0 Å². The van der Waals surface area contributed by atoms with Crippen LogP contribution in [-0.4, -0.2) is 28.6 Å². The monoisotopic (exact) mass is 314 g/mol. The average Bonchev–Trinajstić information content (AvgIpc) is 2.50. The molecule has 2 N–H and O–H groups in total. The summed E-state index contributed by atoms with van der Waals surface area (Å²) >= 11 is 0. The highest BCUT2D eigenvalue weighted by Crippen LogP contribution is 2.22. The summed E-state index contributed by atoms with van der Waals surface area (Å²) in [6, 6.07) is 9.62. The first-order chi connectivity index (χ1) is 10.9. The standard InChI is InChI=1S/C19H26N2O2/c1-12(2)18-10-16(15-7-5-6-8-17(15)21-18)19(23)20-11-13(3)9-14(4)22/h5-8,10,12-14,22H,9,11H2,1-4H3,(H,20,23). The van der Waals surface area contributed by atoms with E-state index in [0.717, 1.165) is 16.6 Å². The molecule has 2 aromatic rings. The molecule has 2 rings (SSSR count). The number of nitrogens with one attached hydrogen (secondary N) is 1. The minimum atomic E-state index is -0.351. The van der Waals surface area contributed by atoms with Crippen LogP contribution in [0.5, 0.6) is 0 Å². The molecule has 1 heterocycles. The van der Waals surface area contributed by atoms with Crippen molar-refractivity contribution in [1.82, 2.24) is 10.3 Å². The van der Waals surface area contributed by atoms with Crippen molar-refractivity contribution in [2.24, 2.45) is 5.92 Å². The molecule has 0 radical (unpaired) electrons. The number of hydrogen-bond donors (Lipinski definition) is 2. The molecule has 0 bridgehead atoms. The van der Waals surface area contributed by atoms with Gasteiger partial charge in [-0.05, 0) is 37.3 Å². The molecule has 0 aliphatic carbocycles. The van der Waals surface area contributed by atoms with E-state index in [1.165, 1.54) is 0 Å². The third kappa shape index (κ3) is 4.52. The third-order valence-electron chi connectivity index (χ3n) is 3.93. The number of amides is 1. The van der Waals surface area contributed by atoms with Crippen LogP contribution in [0.15, 0.2) is 30.3 Å². The molecule has 1 aromatic carbocycles. The van der Waals surface area contributed by atoms with Gasteiger partial charge in [0.15, 0.2) is 0 Å². The Hall–Kier alpha value is -1.94. The maximum Gasteiger partial charge on any atom is 0.252 e. The Bertz CT molecular complexity index is 680. The summed E-state index contributed by atoms with van der Waals surface area (Å²) in [6.45, 7) is 8.49. The molecule has 0 aliphatic heterocycles. The van der Waals surface area contributed by atoms with Crippen LogP contribution in [0, 0.1) is 5.92 Å². The minimum Gasteiger partial charge on any atom is -0.393 e. The molecule has 0 saturated heterocycles. The quantitative estimate of drug-likeness (QED) is 0.858. The number of fused-ring (bicyclic) bond motifs is 1. The Balaban J connectivity index is 2.25. The number of aliphatic hydroxyl groups excluding tert-OH is 1. The van der Waals surface area contributed by atoms with Gasteiger partial charge in [0.25, 0.3) is 5.91 Å². The lowest BCUT2D eigenvalue weighted by Crippen LogP contribution is -2.29. The summed E-state index contributed by atoms with van der Waals surface area (Å²) < 4.78 is 0. The van der Waals surface area contributed by atoms with Gasteiger partial charge >= 0.3 is 0 Å². The lowest BCUT2D eigenvalue weighted by molar-refractivity contribution is 0.0941. The summed E-state index contributed by atoms with van der Waals surface area (Å²) in [5.41, 5.74) is 2.44. The summed E-state index contributed by atoms with van der Waals surface area (Å²) in [5, 5.41) is 13.3. The first-order valence-electron chi connectivity index (χ1n) is 8.24. The number of aliphatic hydroxyl groups is 1. The van der Waals surface area contributed by atoms with Crippen LogP contribution in [0.2, 0.25) is 0 Å². The number of nitrogens with zero attached hydrogens (tertiary/aromatic N) is 1. The summed E-state index contributed by atoms with van der Waals surface area (Å²) in [6.07, 6.45) is 0.324. The van der Waals surface area contributed by atoms with Crippen LogP contribution >= 0.6 is 0 Å². The molecule has 2 unspecified atom stereocenters. The molecule has 0 fully saturated rings. The zero-order chi connectivity index (χ0) is 17.0. The van der Waals surface area contributed by atoms with Crippen LogP contribution in [0.3, 0.4) is 0 Å². The van der Waals surface area contributed by atoms with Crippen LogP contribution < -0.4 is 5.32 Å². The van der Waals surface area contributed by atoms with Gasteiger partial charge in [0.1, 0.15) is 0 Å². The zero-order valence-corrected chi connectivity index (χ0v) is 14.3. The third-order valence-corrected chi connectivity index (χ3v) is 3.93. The van der Waals surface area contributed by atoms with Gasteiger partial charge in [-0.1, -0.05) is 39.0 Å². The fourth-order valence-corrected chi connectivity index (χ4v) is 2.71. The number of para-hydroxylation sites is 1. The van der Waals surface area contributed by atoms with Crippen molar-refractivity contribution >= 4 is 16.8 Å². The Morgan fingerprint density at radius 2 is 1.91 bits per heavy atom. The normalized spacial score (nSPS) is 14.0. The van der Waals surface area contributed by atoms with Gasteiger partial charge < -0.3 is 10.4 Å². The highest BCUT2D eigenvalue weighted by Gasteiger charge is 2.15. The van der Waals surface area contributed by atoms with E-state index in [1.807, 2.05) is 37.3 Å². The molecule has 0 spiro atoms. The van der Waals surface area contributed by atoms with Gasteiger partial charge in [0.05, 0.1) is 17.2 Å². The number of carbonyl (C=O) groups excluding carboxylic acids is 1. The molecule has 124 valence electrons. The molecular weight excluding hydrogens is 288 g/mol. The minimum absolute atomic E-state index is 0.0806. The van der Waals surface area contributed by atoms with E-state index in [2.05, 4.69) is 24.1 Å². The van der Waals surface area contributed by atoms with Gasteiger partial charge in [-0.25, -0.2) is 0 Å². The Morgan fingerprint density at radius 3 is 2.57 bits per heavy atom. The Labute approximate surface area is 137 Å². The van der Waals surface area contributed by atoms with E-state index in [4.69, 9.17) is 0 Å². The number of benzene rings is 1. The predicted molar refractivity (Wildman–Crippen MR) is 93.6 cm³/mol. The number of aromatic nitrogens is 1. The van der Waals surface area contributed by atoms with Crippen molar-refractivity contribution in [3.05, 3.63) is 41.6 Å². The van der Waals surface area contributed by atoms with Crippen molar-refractivity contribution in [2.45, 2.75) is 46.1 Å². The summed E-state index contributed by atoms with van der Waals surface area (Å²) in [4.78, 5) is 17.3. The second-order valence-corrected chi connectivity index (χ2v) is 6.67. The molecule has 1 aromatic heterocycles. The number of carbonyl (C=O) groups is 1. The first kappa shape index (κ1) is 17.4. The van der Waals surface area contributed by atoms with Gasteiger partial charge in [0, 0.05) is 17.6 Å². The van der Waals surface area contributed by atoms with E-state index < -0.39 is 0 Å². The van der Waals surface area contributed by atoms with E-state index >= 15 is 0 Å². The average molecular weight is 314 g/mol. The highest BCUT2D eigenvalue weighted by atomic mass is 16.3. The molecule has 0 aliphatic rings. The van der Waals surface area contributed by atoms with Gasteiger partial charge in [-0.3, -0.25) is 9.78 Å². The molecule has 1 amide bonds. The molecule has 0 saturated carbocycles. The molecule has 4 nitrogen and oxygen atoms in total. The van der Waals surface area contributed by atoms with E-state index in [-0.39, 0.29) is 23.8 Å². The van der Waals surface area contributed by atoms with E-state index in [1.54, 1.807) is 6.92 Å². The maximum atomic E-state index is 12.6. The molecule has 4 heteroatoms. The number of pyridine rings is 1. The van der Waals surface area contributed by atoms with Crippen LogP contribution in [-0.2, 0) is 0 Å². The topological polar surface area (TPSA) is 62.2 Å². The van der Waals surface area contributed by atoms with Gasteiger partial charge in [-0.2, -0.15) is 0 Å². The van der Waals surface area contributed by atoms with Gasteiger partial charge in [-0.15, -0.1) is 0 Å². The van der Waals surface area contributed by atoms with Crippen LogP contribution in [0.4, 0.5) is 0 Å². The fraction of sp³-hybridized carbons (Fsp3) is 0.474. The number of hydrogen-bond acceptors (Lipinski definition) is 3.